The van der Waals surface area contributed by atoms with Crippen molar-refractivity contribution in [2.24, 2.45) is 0 Å². The molecule has 3 rings (SSSR count). The molecule has 0 saturated carbocycles. The molecule has 3 heterocycles. The SMILES string of the molecule is O=C(Cc1ccco1)c1cn(C2CNC2)nn1. The van der Waals surface area contributed by atoms with Gasteiger partial charge in [-0.2, -0.15) is 0 Å². The van der Waals surface area contributed by atoms with Crippen LogP contribution in [-0.2, 0) is 6.42 Å². The second kappa shape index (κ2) is 4.14. The van der Waals surface area contributed by atoms with Gasteiger partial charge in [0.05, 0.1) is 24.9 Å². The normalized spacial score (nSPS) is 15.8. The summed E-state index contributed by atoms with van der Waals surface area (Å²) < 4.78 is 6.87. The second-order valence-corrected chi connectivity index (χ2v) is 4.08. The predicted molar refractivity (Wildman–Crippen MR) is 58.7 cm³/mol. The lowest BCUT2D eigenvalue weighted by molar-refractivity contribution is 0.0982. The summed E-state index contributed by atoms with van der Waals surface area (Å²) in [6, 6.07) is 3.87. The van der Waals surface area contributed by atoms with Crippen molar-refractivity contribution in [1.29, 1.82) is 0 Å². The van der Waals surface area contributed by atoms with Gasteiger partial charge in [0, 0.05) is 13.1 Å². The van der Waals surface area contributed by atoms with E-state index in [0.717, 1.165) is 13.1 Å². The summed E-state index contributed by atoms with van der Waals surface area (Å²) in [5.74, 6) is 0.577. The Hall–Kier alpha value is -1.95. The first kappa shape index (κ1) is 10.2. The van der Waals surface area contributed by atoms with E-state index in [1.807, 2.05) is 0 Å². The van der Waals surface area contributed by atoms with E-state index in [1.165, 1.54) is 0 Å². The Kier molecular flexibility index (Phi) is 2.49. The number of nitrogens with one attached hydrogen (secondary N) is 1. The summed E-state index contributed by atoms with van der Waals surface area (Å²) in [5, 5.41) is 11.0. The van der Waals surface area contributed by atoms with Crippen LogP contribution in [0.2, 0.25) is 0 Å². The third-order valence-electron chi connectivity index (χ3n) is 2.84. The Morgan fingerprint density at radius 1 is 1.59 bits per heavy atom. The average molecular weight is 232 g/mol. The zero-order valence-electron chi connectivity index (χ0n) is 9.17. The van der Waals surface area contributed by atoms with Crippen LogP contribution in [-0.4, -0.2) is 33.9 Å². The number of nitrogens with zero attached hydrogens (tertiary/aromatic N) is 3. The Balaban J connectivity index is 1.70. The van der Waals surface area contributed by atoms with Gasteiger partial charge in [0.25, 0.3) is 0 Å². The molecule has 17 heavy (non-hydrogen) atoms. The predicted octanol–water partition coefficient (Wildman–Crippen LogP) is 0.441. The van der Waals surface area contributed by atoms with E-state index < -0.39 is 0 Å². The largest absolute Gasteiger partial charge is 0.469 e. The number of hydrogen-bond donors (Lipinski definition) is 1. The van der Waals surface area contributed by atoms with Crippen LogP contribution in [0, 0.1) is 0 Å². The van der Waals surface area contributed by atoms with Gasteiger partial charge in [-0.3, -0.25) is 4.79 Å². The van der Waals surface area contributed by atoms with Gasteiger partial charge in [0.15, 0.2) is 5.78 Å². The van der Waals surface area contributed by atoms with Crippen molar-refractivity contribution in [1.82, 2.24) is 20.3 Å². The number of carbonyl (C=O) groups is 1. The van der Waals surface area contributed by atoms with E-state index in [9.17, 15) is 4.79 Å². The Morgan fingerprint density at radius 2 is 2.47 bits per heavy atom. The minimum absolute atomic E-state index is 0.0708. The number of rotatable bonds is 4. The first-order valence-electron chi connectivity index (χ1n) is 5.51. The molecule has 2 aromatic heterocycles. The first-order chi connectivity index (χ1) is 8.33. The van der Waals surface area contributed by atoms with E-state index in [0.29, 0.717) is 17.5 Å². The maximum atomic E-state index is 11.9. The fourth-order valence-corrected chi connectivity index (χ4v) is 1.71. The molecule has 6 nitrogen and oxygen atoms in total. The molecular formula is C11H12N4O2. The van der Waals surface area contributed by atoms with E-state index in [1.54, 1.807) is 29.3 Å². The molecule has 0 spiro atoms. The molecule has 1 fully saturated rings. The fraction of sp³-hybridized carbons (Fsp3) is 0.364. The van der Waals surface area contributed by atoms with Crippen LogP contribution >= 0.6 is 0 Å². The van der Waals surface area contributed by atoms with Crippen LogP contribution in [0.4, 0.5) is 0 Å². The van der Waals surface area contributed by atoms with Crippen molar-refractivity contribution in [2.45, 2.75) is 12.5 Å². The molecule has 2 aromatic rings. The highest BCUT2D eigenvalue weighted by Crippen LogP contribution is 2.11. The molecule has 6 heteroatoms. The molecular weight excluding hydrogens is 220 g/mol. The zero-order chi connectivity index (χ0) is 11.7. The molecule has 0 unspecified atom stereocenters. The third kappa shape index (κ3) is 1.99. The number of aromatic nitrogens is 3. The average Bonchev–Trinajstić information content (AvgIpc) is 2.85. The van der Waals surface area contributed by atoms with E-state index in [-0.39, 0.29) is 12.2 Å². The van der Waals surface area contributed by atoms with Gasteiger partial charge in [-0.05, 0) is 12.1 Å². The lowest BCUT2D eigenvalue weighted by atomic mass is 10.2. The molecule has 1 N–H and O–H groups in total. The monoisotopic (exact) mass is 232 g/mol. The first-order valence-corrected chi connectivity index (χ1v) is 5.51. The highest BCUT2D eigenvalue weighted by Gasteiger charge is 2.21. The van der Waals surface area contributed by atoms with Crippen LogP contribution in [0.1, 0.15) is 22.3 Å². The van der Waals surface area contributed by atoms with Gasteiger partial charge in [-0.1, -0.05) is 5.21 Å². The van der Waals surface area contributed by atoms with E-state index in [2.05, 4.69) is 15.6 Å². The maximum absolute atomic E-state index is 11.9. The van der Waals surface area contributed by atoms with Crippen molar-refractivity contribution >= 4 is 5.78 Å². The van der Waals surface area contributed by atoms with Gasteiger partial charge < -0.3 is 9.73 Å². The Morgan fingerprint density at radius 3 is 3.12 bits per heavy atom. The van der Waals surface area contributed by atoms with Crippen LogP contribution in [0.5, 0.6) is 0 Å². The van der Waals surface area contributed by atoms with Gasteiger partial charge in [-0.25, -0.2) is 4.68 Å². The minimum atomic E-state index is -0.0708. The van der Waals surface area contributed by atoms with Crippen molar-refractivity contribution < 1.29 is 9.21 Å². The summed E-state index contributed by atoms with van der Waals surface area (Å²) >= 11 is 0. The Bertz CT molecular complexity index is 513. The lowest BCUT2D eigenvalue weighted by Crippen LogP contribution is -2.43. The fourth-order valence-electron chi connectivity index (χ4n) is 1.71. The number of carbonyl (C=O) groups excluding carboxylic acids is 1. The molecule has 1 saturated heterocycles. The molecule has 0 bridgehead atoms. The molecule has 0 atom stereocenters. The number of hydrogen-bond acceptors (Lipinski definition) is 5. The van der Waals surface area contributed by atoms with Crippen LogP contribution < -0.4 is 5.32 Å². The molecule has 1 aliphatic rings. The number of furan rings is 1. The number of Topliss-reactive ketones (excluding diaryl/α,β-unsaturated/α-hetero) is 1. The number of ketones is 1. The lowest BCUT2D eigenvalue weighted by Gasteiger charge is -2.26. The van der Waals surface area contributed by atoms with Crippen LogP contribution in [0.15, 0.2) is 29.0 Å². The van der Waals surface area contributed by atoms with Gasteiger partial charge in [0.1, 0.15) is 11.5 Å². The Labute approximate surface area is 97.6 Å². The van der Waals surface area contributed by atoms with Crippen molar-refractivity contribution in [3.8, 4) is 0 Å². The summed E-state index contributed by atoms with van der Waals surface area (Å²) in [6.07, 6.45) is 3.49. The van der Waals surface area contributed by atoms with Gasteiger partial charge in [0.2, 0.25) is 0 Å². The van der Waals surface area contributed by atoms with E-state index in [4.69, 9.17) is 4.42 Å². The molecule has 0 radical (unpaired) electrons. The smallest absolute Gasteiger partial charge is 0.192 e. The summed E-state index contributed by atoms with van der Waals surface area (Å²) in [4.78, 5) is 11.9. The van der Waals surface area contributed by atoms with Gasteiger partial charge >= 0.3 is 0 Å². The summed E-state index contributed by atoms with van der Waals surface area (Å²) in [6.45, 7) is 1.77. The van der Waals surface area contributed by atoms with Crippen molar-refractivity contribution in [3.05, 3.63) is 36.0 Å². The summed E-state index contributed by atoms with van der Waals surface area (Å²) in [5.41, 5.74) is 0.397. The molecule has 88 valence electrons. The topological polar surface area (TPSA) is 73.0 Å². The van der Waals surface area contributed by atoms with Crippen LogP contribution in [0.25, 0.3) is 0 Å². The molecule has 0 aliphatic carbocycles. The second-order valence-electron chi connectivity index (χ2n) is 4.08. The standard InChI is InChI=1S/C11H12N4O2/c16-11(4-9-2-1-3-17-9)10-7-15(14-13-10)8-5-12-6-8/h1-3,7-8,12H,4-6H2. The molecule has 1 aliphatic heterocycles. The molecule has 0 aromatic carbocycles. The maximum Gasteiger partial charge on any atom is 0.192 e. The highest BCUT2D eigenvalue weighted by molar-refractivity contribution is 5.95. The van der Waals surface area contributed by atoms with Gasteiger partial charge in [-0.15, -0.1) is 5.10 Å². The molecule has 0 amide bonds. The van der Waals surface area contributed by atoms with Crippen molar-refractivity contribution in [3.63, 3.8) is 0 Å². The minimum Gasteiger partial charge on any atom is -0.469 e. The quantitative estimate of drug-likeness (QED) is 0.774. The summed E-state index contributed by atoms with van der Waals surface area (Å²) in [7, 11) is 0. The van der Waals surface area contributed by atoms with Crippen LogP contribution in [0.3, 0.4) is 0 Å². The highest BCUT2D eigenvalue weighted by atomic mass is 16.3. The van der Waals surface area contributed by atoms with Crippen molar-refractivity contribution in [2.75, 3.05) is 13.1 Å². The zero-order valence-corrected chi connectivity index (χ0v) is 9.17. The third-order valence-corrected chi connectivity index (χ3v) is 2.84. The van der Waals surface area contributed by atoms with E-state index >= 15 is 0 Å².